The van der Waals surface area contributed by atoms with Crippen LogP contribution in [-0.2, 0) is 0 Å². The number of carbonyl (C=O) groups is 1. The van der Waals surface area contributed by atoms with Crippen LogP contribution >= 0.6 is 11.6 Å². The molecule has 0 N–H and O–H groups in total. The maximum absolute atomic E-state index is 13.2. The van der Waals surface area contributed by atoms with Crippen molar-refractivity contribution >= 4 is 17.5 Å². The van der Waals surface area contributed by atoms with E-state index in [0.29, 0.717) is 40.1 Å². The third-order valence-corrected chi connectivity index (χ3v) is 4.17. The molecule has 0 aliphatic carbocycles. The molecule has 0 spiro atoms. The van der Waals surface area contributed by atoms with Crippen LogP contribution in [0.25, 0.3) is 11.4 Å². The van der Waals surface area contributed by atoms with E-state index in [4.69, 9.17) is 25.8 Å². The highest BCUT2D eigenvalue weighted by Gasteiger charge is 2.23. The van der Waals surface area contributed by atoms with E-state index in [2.05, 4.69) is 10.1 Å². The number of ether oxygens (including phenoxy) is 3. The normalized spacial score (nSPS) is 10.6. The molecule has 0 unspecified atom stereocenters. The number of carbonyl (C=O) groups excluding carboxylic acids is 1. The molecule has 0 fully saturated rings. The summed E-state index contributed by atoms with van der Waals surface area (Å²) in [6.45, 7) is 2.42. The lowest BCUT2D eigenvalue weighted by atomic mass is 10.1. The van der Waals surface area contributed by atoms with E-state index in [9.17, 15) is 4.79 Å². The van der Waals surface area contributed by atoms with Crippen LogP contribution in [0.15, 0.2) is 42.5 Å². The van der Waals surface area contributed by atoms with E-state index in [-0.39, 0.29) is 6.01 Å². The van der Waals surface area contributed by atoms with Crippen molar-refractivity contribution in [2.75, 3.05) is 20.8 Å². The first-order valence-corrected chi connectivity index (χ1v) is 9.07. The van der Waals surface area contributed by atoms with Gasteiger partial charge in [-0.25, -0.2) is 0 Å². The molecule has 0 bridgehead atoms. The van der Waals surface area contributed by atoms with Crippen LogP contribution in [0.4, 0.5) is 0 Å². The van der Waals surface area contributed by atoms with E-state index >= 15 is 0 Å². The molecule has 3 aromatic rings. The third-order valence-electron chi connectivity index (χ3n) is 3.94. The molecule has 0 amide bonds. The van der Waals surface area contributed by atoms with Gasteiger partial charge in [0, 0.05) is 16.7 Å². The van der Waals surface area contributed by atoms with Gasteiger partial charge in [0.1, 0.15) is 11.5 Å². The first-order valence-electron chi connectivity index (χ1n) is 8.70. The van der Waals surface area contributed by atoms with Crippen LogP contribution in [0, 0.1) is 0 Å². The summed E-state index contributed by atoms with van der Waals surface area (Å²) in [5, 5.41) is 4.78. The monoisotopic (exact) mass is 401 g/mol. The Hall–Kier alpha value is -3.06. The molecule has 28 heavy (non-hydrogen) atoms. The Morgan fingerprint density at radius 1 is 1.14 bits per heavy atom. The van der Waals surface area contributed by atoms with E-state index < -0.39 is 5.91 Å². The van der Waals surface area contributed by atoms with Gasteiger partial charge >= 0.3 is 6.01 Å². The number of rotatable bonds is 7. The molecule has 0 aliphatic rings. The van der Waals surface area contributed by atoms with Crippen molar-refractivity contribution in [1.82, 2.24) is 14.8 Å². The zero-order valence-corrected chi connectivity index (χ0v) is 16.6. The van der Waals surface area contributed by atoms with Crippen molar-refractivity contribution in [1.29, 1.82) is 0 Å². The van der Waals surface area contributed by atoms with E-state index in [1.807, 2.05) is 6.92 Å². The smallest absolute Gasteiger partial charge is 0.336 e. The number of methoxy groups -OCH3 is 2. The van der Waals surface area contributed by atoms with Crippen LogP contribution in [0.2, 0.25) is 5.02 Å². The highest BCUT2D eigenvalue weighted by Crippen LogP contribution is 2.28. The molecule has 2 aromatic carbocycles. The van der Waals surface area contributed by atoms with Gasteiger partial charge in [0.05, 0.1) is 26.4 Å². The van der Waals surface area contributed by atoms with Crippen LogP contribution in [0.5, 0.6) is 17.5 Å². The molecule has 0 radical (unpaired) electrons. The fourth-order valence-corrected chi connectivity index (χ4v) is 2.78. The summed E-state index contributed by atoms with van der Waals surface area (Å²) in [5.41, 5.74) is 0.964. The van der Waals surface area contributed by atoms with Gasteiger partial charge in [0.2, 0.25) is 0 Å². The number of halogens is 1. The van der Waals surface area contributed by atoms with Crippen molar-refractivity contribution in [3.63, 3.8) is 0 Å². The molecule has 3 rings (SSSR count). The van der Waals surface area contributed by atoms with Gasteiger partial charge in [-0.15, -0.1) is 5.10 Å². The molecule has 8 heteroatoms. The molecular weight excluding hydrogens is 382 g/mol. The average molecular weight is 402 g/mol. The number of hydrogen-bond acceptors (Lipinski definition) is 6. The predicted octanol–water partition coefficient (Wildman–Crippen LogP) is 4.09. The summed E-state index contributed by atoms with van der Waals surface area (Å²) in [5.74, 6) is 0.867. The molecule has 7 nitrogen and oxygen atoms in total. The molecule has 146 valence electrons. The molecule has 0 saturated heterocycles. The van der Waals surface area contributed by atoms with Gasteiger partial charge < -0.3 is 14.2 Å². The molecular formula is C20H20ClN3O4. The summed E-state index contributed by atoms with van der Waals surface area (Å²) in [6, 6.07) is 12.1. The van der Waals surface area contributed by atoms with Crippen LogP contribution in [0.3, 0.4) is 0 Å². The highest BCUT2D eigenvalue weighted by atomic mass is 35.5. The summed E-state index contributed by atoms with van der Waals surface area (Å²) < 4.78 is 17.3. The Balaban J connectivity index is 2.09. The number of aromatic nitrogens is 3. The number of hydrogen-bond donors (Lipinski definition) is 0. The second-order valence-corrected chi connectivity index (χ2v) is 6.30. The highest BCUT2D eigenvalue weighted by molar-refractivity contribution is 6.30. The molecule has 1 aromatic heterocycles. The second-order valence-electron chi connectivity index (χ2n) is 5.86. The fraction of sp³-hybridized carbons (Fsp3) is 0.250. The summed E-state index contributed by atoms with van der Waals surface area (Å²) in [4.78, 5) is 17.6. The minimum Gasteiger partial charge on any atom is -0.497 e. The van der Waals surface area contributed by atoms with Crippen molar-refractivity contribution in [3.05, 3.63) is 53.1 Å². The van der Waals surface area contributed by atoms with E-state index in [0.717, 1.165) is 6.42 Å². The zero-order valence-electron chi connectivity index (χ0n) is 15.8. The van der Waals surface area contributed by atoms with Crippen molar-refractivity contribution in [3.8, 4) is 28.9 Å². The van der Waals surface area contributed by atoms with Crippen LogP contribution in [0.1, 0.15) is 23.7 Å². The number of nitrogens with zero attached hydrogens (tertiary/aromatic N) is 3. The minimum absolute atomic E-state index is 0.123. The van der Waals surface area contributed by atoms with Crippen molar-refractivity contribution in [2.45, 2.75) is 13.3 Å². The Labute approximate surface area is 167 Å². The first-order chi connectivity index (χ1) is 13.6. The molecule has 0 saturated carbocycles. The van der Waals surface area contributed by atoms with E-state index in [1.165, 1.54) is 11.8 Å². The largest absolute Gasteiger partial charge is 0.497 e. The lowest BCUT2D eigenvalue weighted by Crippen LogP contribution is -2.16. The van der Waals surface area contributed by atoms with Crippen LogP contribution in [-0.4, -0.2) is 41.5 Å². The quantitative estimate of drug-likeness (QED) is 0.593. The summed E-state index contributed by atoms with van der Waals surface area (Å²) >= 11 is 6.11. The minimum atomic E-state index is -0.409. The van der Waals surface area contributed by atoms with Crippen molar-refractivity contribution in [2.24, 2.45) is 0 Å². The Morgan fingerprint density at radius 3 is 2.64 bits per heavy atom. The maximum atomic E-state index is 13.2. The van der Waals surface area contributed by atoms with Crippen molar-refractivity contribution < 1.29 is 19.0 Å². The van der Waals surface area contributed by atoms with Gasteiger partial charge in [-0.1, -0.05) is 30.7 Å². The number of benzene rings is 2. The SMILES string of the molecule is CCCOc1nc(-c2cccc(Cl)c2)n(C(=O)c2ccc(OC)cc2OC)n1. The second kappa shape index (κ2) is 8.75. The Kier molecular flexibility index (Phi) is 6.16. The Morgan fingerprint density at radius 2 is 1.96 bits per heavy atom. The molecule has 0 aliphatic heterocycles. The Bertz CT molecular complexity index is 987. The average Bonchev–Trinajstić information content (AvgIpc) is 3.15. The van der Waals surface area contributed by atoms with Crippen LogP contribution < -0.4 is 14.2 Å². The molecule has 0 atom stereocenters. The fourth-order valence-electron chi connectivity index (χ4n) is 2.59. The lowest BCUT2D eigenvalue weighted by Gasteiger charge is -2.10. The third kappa shape index (κ3) is 4.09. The summed E-state index contributed by atoms with van der Waals surface area (Å²) in [6.07, 6.45) is 0.793. The summed E-state index contributed by atoms with van der Waals surface area (Å²) in [7, 11) is 3.03. The maximum Gasteiger partial charge on any atom is 0.336 e. The first kappa shape index (κ1) is 19.7. The van der Waals surface area contributed by atoms with E-state index in [1.54, 1.807) is 49.6 Å². The molecule has 1 heterocycles. The van der Waals surface area contributed by atoms with Gasteiger partial charge in [0.25, 0.3) is 5.91 Å². The van der Waals surface area contributed by atoms with Gasteiger partial charge in [-0.2, -0.15) is 9.67 Å². The van der Waals surface area contributed by atoms with Gasteiger partial charge in [-0.3, -0.25) is 4.79 Å². The zero-order chi connectivity index (χ0) is 20.1. The van der Waals surface area contributed by atoms with Gasteiger partial charge in [-0.05, 0) is 30.7 Å². The lowest BCUT2D eigenvalue weighted by molar-refractivity contribution is 0.0941. The standard InChI is InChI=1S/C20H20ClN3O4/c1-4-10-28-20-22-18(13-6-5-7-14(21)11-13)24(23-20)19(25)16-9-8-15(26-2)12-17(16)27-3/h5-9,11-12H,4,10H2,1-3H3. The topological polar surface area (TPSA) is 75.5 Å². The predicted molar refractivity (Wildman–Crippen MR) is 106 cm³/mol. The van der Waals surface area contributed by atoms with Gasteiger partial charge in [0.15, 0.2) is 5.82 Å².